The molecule has 2 amide bonds. The molecule has 7 nitrogen and oxygen atoms in total. The van der Waals surface area contributed by atoms with E-state index in [4.69, 9.17) is 4.74 Å². The summed E-state index contributed by atoms with van der Waals surface area (Å²) in [4.78, 5) is 37.6. The Hall–Kier alpha value is -2.67. The number of piperidine rings is 1. The number of hydrogen-bond donors (Lipinski definition) is 1. The lowest BCUT2D eigenvalue weighted by molar-refractivity contribution is -0.145. The van der Waals surface area contributed by atoms with Gasteiger partial charge in [-0.05, 0) is 38.3 Å². The van der Waals surface area contributed by atoms with Gasteiger partial charge in [0.1, 0.15) is 6.61 Å². The fourth-order valence-corrected chi connectivity index (χ4v) is 4.77. The Bertz CT molecular complexity index is 928. The van der Waals surface area contributed by atoms with E-state index >= 15 is 0 Å². The number of amides is 2. The molecule has 0 saturated carbocycles. The maximum Gasteiger partial charge on any atom is 0.254 e. The first-order chi connectivity index (χ1) is 14.0. The molecule has 1 aromatic carbocycles. The van der Waals surface area contributed by atoms with Crippen LogP contribution in [0.4, 0.5) is 0 Å². The highest BCUT2D eigenvalue weighted by Gasteiger charge is 2.49. The van der Waals surface area contributed by atoms with Gasteiger partial charge in [0.2, 0.25) is 5.91 Å². The van der Waals surface area contributed by atoms with E-state index in [1.165, 1.54) is 0 Å². The summed E-state index contributed by atoms with van der Waals surface area (Å²) in [6.45, 7) is 5.86. The van der Waals surface area contributed by atoms with Crippen LogP contribution < -0.4 is 0 Å². The van der Waals surface area contributed by atoms with Gasteiger partial charge in [0.05, 0.1) is 17.6 Å². The van der Waals surface area contributed by atoms with E-state index in [2.05, 4.69) is 9.97 Å². The van der Waals surface area contributed by atoms with E-state index < -0.39 is 5.54 Å². The van der Waals surface area contributed by atoms with Gasteiger partial charge in [-0.25, -0.2) is 4.98 Å². The molecule has 3 heterocycles. The van der Waals surface area contributed by atoms with E-state index in [0.29, 0.717) is 32.5 Å². The number of imidazole rings is 1. The van der Waals surface area contributed by atoms with Crippen LogP contribution in [0.3, 0.4) is 0 Å². The summed E-state index contributed by atoms with van der Waals surface area (Å²) >= 11 is 0. The number of methoxy groups -OCH3 is 1. The van der Waals surface area contributed by atoms with Crippen molar-refractivity contribution in [2.45, 2.75) is 38.6 Å². The molecule has 1 saturated heterocycles. The van der Waals surface area contributed by atoms with Crippen LogP contribution in [0.25, 0.3) is 0 Å². The number of H-pyrrole nitrogens is 1. The van der Waals surface area contributed by atoms with Crippen molar-refractivity contribution in [3.05, 3.63) is 52.6 Å². The van der Waals surface area contributed by atoms with Gasteiger partial charge in [0, 0.05) is 44.4 Å². The number of nitrogens with one attached hydrogen (secondary N) is 1. The summed E-state index contributed by atoms with van der Waals surface area (Å²) in [6.07, 6.45) is 3.83. The normalized spacial score (nSPS) is 18.0. The number of carbonyl (C=O) groups is 2. The van der Waals surface area contributed by atoms with Crippen LogP contribution in [0.15, 0.2) is 24.5 Å². The van der Waals surface area contributed by atoms with Crippen LogP contribution in [-0.4, -0.2) is 64.9 Å². The molecule has 2 aromatic rings. The average molecular weight is 396 g/mol. The van der Waals surface area contributed by atoms with Crippen molar-refractivity contribution in [3.8, 4) is 0 Å². The Balaban J connectivity index is 1.59. The fraction of sp³-hybridized carbons (Fsp3) is 0.500. The zero-order valence-corrected chi connectivity index (χ0v) is 17.3. The molecule has 4 rings (SSSR count). The number of benzene rings is 1. The van der Waals surface area contributed by atoms with Crippen molar-refractivity contribution >= 4 is 11.8 Å². The summed E-state index contributed by atoms with van der Waals surface area (Å²) < 4.78 is 5.12. The van der Waals surface area contributed by atoms with Crippen LogP contribution in [0.2, 0.25) is 0 Å². The zero-order valence-electron chi connectivity index (χ0n) is 17.3. The Labute approximate surface area is 171 Å². The topological polar surface area (TPSA) is 78.5 Å². The number of hydrogen-bond acceptors (Lipinski definition) is 4. The van der Waals surface area contributed by atoms with Gasteiger partial charge >= 0.3 is 0 Å². The Morgan fingerprint density at radius 2 is 1.97 bits per heavy atom. The van der Waals surface area contributed by atoms with Crippen molar-refractivity contribution in [2.75, 3.05) is 33.4 Å². The molecule has 0 atom stereocenters. The van der Waals surface area contributed by atoms with Crippen molar-refractivity contribution in [2.24, 2.45) is 0 Å². The third-order valence-corrected chi connectivity index (χ3v) is 6.33. The molecule has 1 N–H and O–H groups in total. The highest BCUT2D eigenvalue weighted by Crippen LogP contribution is 2.42. The first-order valence-corrected chi connectivity index (χ1v) is 10.1. The standard InChI is InChI=1S/C22H28N4O3/c1-15-4-5-16(2)17(12-15)21(28)25-10-7-22(8-11-25)20-18(23-14-24-20)6-9-26(22)19(27)13-29-3/h4-5,12,14H,6-11,13H2,1-3H3,(H,23,24). The second-order valence-electron chi connectivity index (χ2n) is 8.10. The first-order valence-electron chi connectivity index (χ1n) is 10.1. The number of aromatic nitrogens is 2. The van der Waals surface area contributed by atoms with E-state index in [1.54, 1.807) is 13.4 Å². The van der Waals surface area contributed by atoms with Gasteiger partial charge in [-0.2, -0.15) is 0 Å². The highest BCUT2D eigenvalue weighted by molar-refractivity contribution is 5.96. The van der Waals surface area contributed by atoms with E-state index in [-0.39, 0.29) is 18.4 Å². The second-order valence-corrected chi connectivity index (χ2v) is 8.10. The van der Waals surface area contributed by atoms with E-state index in [0.717, 1.165) is 34.5 Å². The maximum atomic E-state index is 13.2. The SMILES string of the molecule is COCC(=O)N1CCc2[nH]cnc2C12CCN(C(=O)c1cc(C)ccc1C)CC2. The maximum absolute atomic E-state index is 13.2. The molecular formula is C22H28N4O3. The molecule has 0 aliphatic carbocycles. The second kappa shape index (κ2) is 7.63. The molecule has 2 aliphatic rings. The lowest BCUT2D eigenvalue weighted by Gasteiger charge is -2.50. The Morgan fingerprint density at radius 3 is 2.69 bits per heavy atom. The zero-order chi connectivity index (χ0) is 20.6. The number of carbonyl (C=O) groups excluding carboxylic acids is 2. The number of fused-ring (bicyclic) bond motifs is 2. The lowest BCUT2D eigenvalue weighted by atomic mass is 9.78. The molecule has 0 unspecified atom stereocenters. The van der Waals surface area contributed by atoms with Crippen molar-refractivity contribution in [3.63, 3.8) is 0 Å². The number of nitrogens with zero attached hydrogens (tertiary/aromatic N) is 3. The third-order valence-electron chi connectivity index (χ3n) is 6.33. The lowest BCUT2D eigenvalue weighted by Crippen LogP contribution is -2.59. The fourth-order valence-electron chi connectivity index (χ4n) is 4.77. The molecule has 0 radical (unpaired) electrons. The number of likely N-dealkylation sites (tertiary alicyclic amines) is 1. The molecule has 0 bridgehead atoms. The Morgan fingerprint density at radius 1 is 1.21 bits per heavy atom. The van der Waals surface area contributed by atoms with Crippen LogP contribution in [0.5, 0.6) is 0 Å². The number of aromatic amines is 1. The van der Waals surface area contributed by atoms with E-state index in [1.807, 2.05) is 41.8 Å². The summed E-state index contributed by atoms with van der Waals surface area (Å²) in [6, 6.07) is 5.98. The van der Waals surface area contributed by atoms with Crippen LogP contribution in [-0.2, 0) is 21.5 Å². The van der Waals surface area contributed by atoms with Crippen molar-refractivity contribution in [1.29, 1.82) is 0 Å². The molecule has 1 aromatic heterocycles. The van der Waals surface area contributed by atoms with Crippen LogP contribution in [0.1, 0.15) is 45.7 Å². The van der Waals surface area contributed by atoms with Crippen molar-refractivity contribution in [1.82, 2.24) is 19.8 Å². The molecule has 1 fully saturated rings. The molecule has 2 aliphatic heterocycles. The van der Waals surface area contributed by atoms with Gasteiger partial charge in [0.25, 0.3) is 5.91 Å². The van der Waals surface area contributed by atoms with E-state index in [9.17, 15) is 9.59 Å². The monoisotopic (exact) mass is 396 g/mol. The largest absolute Gasteiger partial charge is 0.375 e. The smallest absolute Gasteiger partial charge is 0.254 e. The van der Waals surface area contributed by atoms with Gasteiger partial charge in [0.15, 0.2) is 0 Å². The molecule has 1 spiro atoms. The minimum atomic E-state index is -0.471. The number of ether oxygens (including phenoxy) is 1. The third kappa shape index (κ3) is 3.33. The summed E-state index contributed by atoms with van der Waals surface area (Å²) in [5.74, 6) is 0.0457. The number of rotatable bonds is 3. The summed E-state index contributed by atoms with van der Waals surface area (Å²) in [5.41, 5.74) is 4.41. The average Bonchev–Trinajstić information content (AvgIpc) is 3.20. The molecule has 29 heavy (non-hydrogen) atoms. The van der Waals surface area contributed by atoms with Gasteiger partial charge in [-0.15, -0.1) is 0 Å². The van der Waals surface area contributed by atoms with Crippen LogP contribution >= 0.6 is 0 Å². The number of aryl methyl sites for hydroxylation is 2. The minimum absolute atomic E-state index is 0.0181. The summed E-state index contributed by atoms with van der Waals surface area (Å²) in [7, 11) is 1.54. The summed E-state index contributed by atoms with van der Waals surface area (Å²) in [5, 5.41) is 0. The molecule has 7 heteroatoms. The van der Waals surface area contributed by atoms with Gasteiger partial charge in [-0.3, -0.25) is 9.59 Å². The highest BCUT2D eigenvalue weighted by atomic mass is 16.5. The van der Waals surface area contributed by atoms with Gasteiger partial charge < -0.3 is 19.5 Å². The van der Waals surface area contributed by atoms with Crippen LogP contribution in [0, 0.1) is 13.8 Å². The predicted molar refractivity (Wildman–Crippen MR) is 109 cm³/mol. The predicted octanol–water partition coefficient (Wildman–Crippen LogP) is 2.19. The molecule has 154 valence electrons. The van der Waals surface area contributed by atoms with Gasteiger partial charge in [-0.1, -0.05) is 17.7 Å². The van der Waals surface area contributed by atoms with Crippen molar-refractivity contribution < 1.29 is 14.3 Å². The minimum Gasteiger partial charge on any atom is -0.375 e. The first kappa shape index (κ1) is 19.6. The Kier molecular flexibility index (Phi) is 5.17. The molecular weight excluding hydrogens is 368 g/mol. The quantitative estimate of drug-likeness (QED) is 0.863.